The number of aliphatic carboxylic acids is 1. The molecule has 7 heteroatoms. The summed E-state index contributed by atoms with van der Waals surface area (Å²) in [6, 6.07) is 4.09. The van der Waals surface area contributed by atoms with E-state index < -0.39 is 29.7 Å². The molecule has 0 spiro atoms. The Morgan fingerprint density at radius 3 is 2.40 bits per heavy atom. The van der Waals surface area contributed by atoms with Crippen LogP contribution in [0.25, 0.3) is 0 Å². The first-order chi connectivity index (χ1) is 9.21. The van der Waals surface area contributed by atoms with Gasteiger partial charge in [-0.05, 0) is 18.6 Å². The molecule has 0 radical (unpaired) electrons. The third kappa shape index (κ3) is 4.56. The Morgan fingerprint density at radius 1 is 1.25 bits per heavy atom. The van der Waals surface area contributed by atoms with Crippen molar-refractivity contribution in [3.63, 3.8) is 0 Å². The number of hydrogen-bond donors (Lipinski definition) is 2. The second kappa shape index (κ2) is 6.40. The summed E-state index contributed by atoms with van der Waals surface area (Å²) in [5.74, 6) is -1.74. The quantitative estimate of drug-likeness (QED) is 0.876. The zero-order chi connectivity index (χ0) is 15.3. The number of amides is 1. The van der Waals surface area contributed by atoms with E-state index in [1.807, 2.05) is 0 Å². The van der Waals surface area contributed by atoms with Crippen LogP contribution in [0.15, 0.2) is 24.3 Å². The molecule has 0 aliphatic heterocycles. The molecule has 1 aromatic rings. The van der Waals surface area contributed by atoms with Crippen molar-refractivity contribution >= 4 is 11.9 Å². The third-order valence-electron chi connectivity index (χ3n) is 2.68. The topological polar surface area (TPSA) is 66.4 Å². The molecule has 0 heterocycles. The Balaban J connectivity index is 2.80. The Kier molecular flexibility index (Phi) is 5.12. The van der Waals surface area contributed by atoms with Crippen molar-refractivity contribution in [2.45, 2.75) is 32.0 Å². The molecule has 0 aliphatic carbocycles. The van der Waals surface area contributed by atoms with Gasteiger partial charge < -0.3 is 10.4 Å². The lowest BCUT2D eigenvalue weighted by atomic mass is 10.0. The highest BCUT2D eigenvalue weighted by molar-refractivity contribution is 5.80. The largest absolute Gasteiger partial charge is 0.481 e. The summed E-state index contributed by atoms with van der Waals surface area (Å²) >= 11 is 0. The first-order valence-corrected chi connectivity index (χ1v) is 5.89. The zero-order valence-corrected chi connectivity index (χ0v) is 10.7. The highest BCUT2D eigenvalue weighted by Gasteiger charge is 2.34. The molecule has 1 rings (SSSR count). The van der Waals surface area contributed by atoms with Gasteiger partial charge in [-0.2, -0.15) is 13.2 Å². The normalized spacial score (nSPS) is 12.8. The van der Waals surface area contributed by atoms with Crippen molar-refractivity contribution in [3.05, 3.63) is 35.4 Å². The van der Waals surface area contributed by atoms with E-state index in [-0.39, 0.29) is 18.4 Å². The van der Waals surface area contributed by atoms with Crippen LogP contribution in [-0.4, -0.2) is 17.0 Å². The summed E-state index contributed by atoms with van der Waals surface area (Å²) in [4.78, 5) is 21.8. The molecule has 20 heavy (non-hydrogen) atoms. The lowest BCUT2D eigenvalue weighted by Crippen LogP contribution is -2.28. The SMILES string of the molecule is CC(NC(=O)CCC(=O)O)c1ccccc1C(F)(F)F. The average molecular weight is 289 g/mol. The molecule has 0 saturated carbocycles. The second-order valence-electron chi connectivity index (χ2n) is 4.27. The third-order valence-corrected chi connectivity index (χ3v) is 2.68. The van der Waals surface area contributed by atoms with Gasteiger partial charge in [-0.15, -0.1) is 0 Å². The van der Waals surface area contributed by atoms with Gasteiger partial charge in [-0.3, -0.25) is 9.59 Å². The van der Waals surface area contributed by atoms with Crippen molar-refractivity contribution in [1.29, 1.82) is 0 Å². The summed E-state index contributed by atoms with van der Waals surface area (Å²) in [5.41, 5.74) is -0.866. The van der Waals surface area contributed by atoms with E-state index >= 15 is 0 Å². The number of carboxylic acid groups (broad SMARTS) is 1. The fourth-order valence-corrected chi connectivity index (χ4v) is 1.74. The maximum Gasteiger partial charge on any atom is 0.416 e. The fraction of sp³-hybridized carbons (Fsp3) is 0.385. The number of halogens is 3. The van der Waals surface area contributed by atoms with Crippen molar-refractivity contribution in [1.82, 2.24) is 5.32 Å². The number of nitrogens with one attached hydrogen (secondary N) is 1. The van der Waals surface area contributed by atoms with Crippen LogP contribution in [0.3, 0.4) is 0 Å². The van der Waals surface area contributed by atoms with Gasteiger partial charge in [0.1, 0.15) is 0 Å². The first kappa shape index (κ1) is 16.0. The van der Waals surface area contributed by atoms with E-state index in [4.69, 9.17) is 5.11 Å². The molecular weight excluding hydrogens is 275 g/mol. The number of benzene rings is 1. The minimum Gasteiger partial charge on any atom is -0.481 e. The standard InChI is InChI=1S/C13H14F3NO3/c1-8(17-11(18)6-7-12(19)20)9-4-2-3-5-10(9)13(14,15)16/h2-5,8H,6-7H2,1H3,(H,17,18)(H,19,20). The molecule has 0 bridgehead atoms. The molecule has 4 nitrogen and oxygen atoms in total. The lowest BCUT2D eigenvalue weighted by Gasteiger charge is -2.19. The van der Waals surface area contributed by atoms with Crippen LogP contribution in [0.4, 0.5) is 13.2 Å². The van der Waals surface area contributed by atoms with Crippen molar-refractivity contribution in [3.8, 4) is 0 Å². The van der Waals surface area contributed by atoms with Gasteiger partial charge in [0.15, 0.2) is 0 Å². The number of carbonyl (C=O) groups is 2. The first-order valence-electron chi connectivity index (χ1n) is 5.89. The molecule has 110 valence electrons. The molecule has 0 aliphatic rings. The van der Waals surface area contributed by atoms with Gasteiger partial charge in [-0.25, -0.2) is 0 Å². The van der Waals surface area contributed by atoms with Gasteiger partial charge in [0.05, 0.1) is 18.0 Å². The summed E-state index contributed by atoms with van der Waals surface area (Å²) in [6.45, 7) is 1.42. The second-order valence-corrected chi connectivity index (χ2v) is 4.27. The molecule has 1 amide bonds. The summed E-state index contributed by atoms with van der Waals surface area (Å²) < 4.78 is 38.4. The molecule has 0 aromatic heterocycles. The number of rotatable bonds is 5. The number of carboxylic acids is 1. The minimum atomic E-state index is -4.50. The number of carbonyl (C=O) groups excluding carboxylic acids is 1. The molecule has 0 fully saturated rings. The Labute approximate surface area is 113 Å². The summed E-state index contributed by atoms with van der Waals surface area (Å²) in [5, 5.41) is 10.8. The van der Waals surface area contributed by atoms with Crippen LogP contribution < -0.4 is 5.32 Å². The van der Waals surface area contributed by atoms with Crippen LogP contribution in [-0.2, 0) is 15.8 Å². The number of hydrogen-bond acceptors (Lipinski definition) is 2. The van der Waals surface area contributed by atoms with Gasteiger partial charge in [0.25, 0.3) is 0 Å². The predicted octanol–water partition coefficient (Wildman–Crippen LogP) is 2.75. The predicted molar refractivity (Wildman–Crippen MR) is 64.9 cm³/mol. The molecule has 1 atom stereocenters. The van der Waals surface area contributed by atoms with Crippen LogP contribution >= 0.6 is 0 Å². The average Bonchev–Trinajstić information content (AvgIpc) is 2.35. The monoisotopic (exact) mass is 289 g/mol. The highest BCUT2D eigenvalue weighted by atomic mass is 19.4. The molecule has 1 aromatic carbocycles. The maximum absolute atomic E-state index is 12.8. The van der Waals surface area contributed by atoms with E-state index in [1.54, 1.807) is 0 Å². The van der Waals surface area contributed by atoms with Crippen LogP contribution in [0.5, 0.6) is 0 Å². The van der Waals surface area contributed by atoms with Crippen molar-refractivity contribution in [2.75, 3.05) is 0 Å². The summed E-state index contributed by atoms with van der Waals surface area (Å²) in [6.07, 6.45) is -5.13. The highest BCUT2D eigenvalue weighted by Crippen LogP contribution is 2.34. The smallest absolute Gasteiger partial charge is 0.416 e. The van der Waals surface area contributed by atoms with Crippen LogP contribution in [0.2, 0.25) is 0 Å². The minimum absolute atomic E-state index is 0.0522. The van der Waals surface area contributed by atoms with Gasteiger partial charge in [-0.1, -0.05) is 18.2 Å². The van der Waals surface area contributed by atoms with E-state index in [0.717, 1.165) is 6.07 Å². The van der Waals surface area contributed by atoms with Crippen molar-refractivity contribution in [2.24, 2.45) is 0 Å². The Hall–Kier alpha value is -2.05. The molecular formula is C13H14F3NO3. The van der Waals surface area contributed by atoms with Crippen molar-refractivity contribution < 1.29 is 27.9 Å². The maximum atomic E-state index is 12.8. The van der Waals surface area contributed by atoms with Gasteiger partial charge in [0, 0.05) is 6.42 Å². The van der Waals surface area contributed by atoms with E-state index in [2.05, 4.69) is 5.32 Å². The van der Waals surface area contributed by atoms with E-state index in [0.29, 0.717) is 0 Å². The molecule has 1 unspecified atom stereocenters. The molecule has 0 saturated heterocycles. The van der Waals surface area contributed by atoms with Gasteiger partial charge >= 0.3 is 12.1 Å². The van der Waals surface area contributed by atoms with E-state index in [1.165, 1.54) is 25.1 Å². The van der Waals surface area contributed by atoms with Crippen LogP contribution in [0.1, 0.15) is 36.9 Å². The Morgan fingerprint density at radius 2 is 1.85 bits per heavy atom. The molecule has 2 N–H and O–H groups in total. The van der Waals surface area contributed by atoms with Crippen LogP contribution in [0, 0.1) is 0 Å². The van der Waals surface area contributed by atoms with E-state index in [9.17, 15) is 22.8 Å². The van der Waals surface area contributed by atoms with Gasteiger partial charge in [0.2, 0.25) is 5.91 Å². The zero-order valence-electron chi connectivity index (χ0n) is 10.7. The lowest BCUT2D eigenvalue weighted by molar-refractivity contribution is -0.139. The Bertz CT molecular complexity index is 500. The fourth-order valence-electron chi connectivity index (χ4n) is 1.74. The summed E-state index contributed by atoms with van der Waals surface area (Å²) in [7, 11) is 0. The number of alkyl halides is 3.